The Morgan fingerprint density at radius 3 is 2.82 bits per heavy atom. The van der Waals surface area contributed by atoms with Crippen molar-refractivity contribution in [3.05, 3.63) is 18.5 Å². The van der Waals surface area contributed by atoms with Gasteiger partial charge in [-0.2, -0.15) is 0 Å². The van der Waals surface area contributed by atoms with Crippen molar-refractivity contribution in [3.63, 3.8) is 0 Å². The van der Waals surface area contributed by atoms with E-state index in [1.165, 1.54) is 6.04 Å². The molecule has 0 aliphatic heterocycles. The Kier molecular flexibility index (Phi) is 4.23. The van der Waals surface area contributed by atoms with E-state index in [9.17, 15) is 0 Å². The summed E-state index contributed by atoms with van der Waals surface area (Å²) in [6.45, 7) is 2.27. The van der Waals surface area contributed by atoms with Crippen molar-refractivity contribution in [2.75, 3.05) is 5.75 Å². The van der Waals surface area contributed by atoms with Gasteiger partial charge in [-0.3, -0.25) is 0 Å². The molecule has 1 rings (SSSR count). The molecule has 0 aliphatic carbocycles. The molecule has 0 aromatic carbocycles. The van der Waals surface area contributed by atoms with Crippen molar-refractivity contribution in [1.82, 2.24) is 9.97 Å². The van der Waals surface area contributed by atoms with Gasteiger partial charge in [0.1, 0.15) is 0 Å². The lowest BCUT2D eigenvalue weighted by atomic mass is 10.7. The topological polar surface area (TPSA) is 25.8 Å². The van der Waals surface area contributed by atoms with Crippen LogP contribution in [0.25, 0.3) is 0 Å². The van der Waals surface area contributed by atoms with E-state index in [0.29, 0.717) is 9.52 Å². The lowest BCUT2D eigenvalue weighted by Gasteiger charge is -1.92. The van der Waals surface area contributed by atoms with Crippen LogP contribution in [0.15, 0.2) is 23.6 Å². The highest BCUT2D eigenvalue weighted by molar-refractivity contribution is 7.99. The zero-order valence-electron chi connectivity index (χ0n) is 6.53. The molecule has 0 N–H and O–H groups in total. The quantitative estimate of drug-likeness (QED) is 0.306. The summed E-state index contributed by atoms with van der Waals surface area (Å²) in [7, 11) is 0.627. The molecule has 0 amide bonds. The van der Waals surface area contributed by atoms with Gasteiger partial charge in [0.05, 0.1) is 12.6 Å². The summed E-state index contributed by atoms with van der Waals surface area (Å²) in [5.41, 5.74) is 0. The molecule has 0 fully saturated rings. The first kappa shape index (κ1) is 8.74. The predicted octanol–water partition coefficient (Wildman–Crippen LogP) is 1.47. The second kappa shape index (κ2) is 5.32. The minimum atomic E-state index is 0.627. The molecule has 1 heterocycles. The molecule has 1 aromatic heterocycles. The smallest absolute Gasteiger partial charge is 0.231 e. The van der Waals surface area contributed by atoms with E-state index in [1.807, 2.05) is 6.07 Å². The molecule has 0 unspecified atom stereocenters. The lowest BCUT2D eigenvalue weighted by Crippen LogP contribution is -1.87. The van der Waals surface area contributed by atoms with Gasteiger partial charge in [-0.1, -0.05) is 11.8 Å². The molecule has 1 aromatic rings. The van der Waals surface area contributed by atoms with E-state index in [0.717, 1.165) is 10.9 Å². The highest BCUT2D eigenvalue weighted by Crippen LogP contribution is 2.11. The molecule has 0 aliphatic rings. The van der Waals surface area contributed by atoms with Crippen LogP contribution < -0.4 is 0 Å². The highest BCUT2D eigenvalue weighted by Gasteiger charge is 1.97. The number of rotatable bonds is 4. The third-order valence-electron chi connectivity index (χ3n) is 1.18. The summed E-state index contributed by atoms with van der Waals surface area (Å²) in [5, 5.41) is 0.903. The van der Waals surface area contributed by atoms with Gasteiger partial charge in [0, 0.05) is 18.1 Å². The molecule has 11 heavy (non-hydrogen) atoms. The van der Waals surface area contributed by atoms with Crippen molar-refractivity contribution in [2.24, 2.45) is 0 Å². The van der Waals surface area contributed by atoms with Gasteiger partial charge >= 0.3 is 0 Å². The van der Waals surface area contributed by atoms with Crippen LogP contribution in [0, 0.1) is 0 Å². The first-order valence-corrected chi connectivity index (χ1v) is 6.57. The van der Waals surface area contributed by atoms with Gasteiger partial charge in [-0.25, -0.2) is 9.97 Å². The Morgan fingerprint density at radius 2 is 2.18 bits per heavy atom. The summed E-state index contributed by atoms with van der Waals surface area (Å²) in [4.78, 5) is 8.22. The van der Waals surface area contributed by atoms with Gasteiger partial charge in [-0.05, 0) is 6.07 Å². The van der Waals surface area contributed by atoms with Gasteiger partial charge in [0.25, 0.3) is 9.52 Å². The normalized spacial score (nSPS) is 9.55. The Hall–Kier alpha value is -0.353. The molecule has 0 spiro atoms. The van der Waals surface area contributed by atoms with Crippen LogP contribution in [-0.2, 0) is 0 Å². The first-order chi connectivity index (χ1) is 5.43. The average molecular weight is 183 g/mol. The molecule has 0 saturated heterocycles. The minimum Gasteiger partial charge on any atom is -0.231 e. The van der Waals surface area contributed by atoms with Gasteiger partial charge in [0.2, 0.25) is 0 Å². The van der Waals surface area contributed by atoms with Gasteiger partial charge in [0.15, 0.2) is 5.16 Å². The molecule has 0 bridgehead atoms. The molecule has 2 nitrogen and oxygen atoms in total. The van der Waals surface area contributed by atoms with Crippen molar-refractivity contribution < 1.29 is 0 Å². The van der Waals surface area contributed by atoms with E-state index < -0.39 is 0 Å². The number of hydrogen-bond donors (Lipinski definition) is 0. The van der Waals surface area contributed by atoms with E-state index in [4.69, 9.17) is 0 Å². The average Bonchev–Trinajstić information content (AvgIpc) is 2.07. The summed E-state index contributed by atoms with van der Waals surface area (Å²) in [5.74, 6) is 1.16. The second-order valence-corrected chi connectivity index (χ2v) is 4.53. The van der Waals surface area contributed by atoms with Crippen LogP contribution >= 0.6 is 11.8 Å². The van der Waals surface area contributed by atoms with Crippen LogP contribution in [0.2, 0.25) is 12.6 Å². The third-order valence-corrected chi connectivity index (χ3v) is 3.37. The molecular formula is C7H11N2SSi+. The molecule has 58 valence electrons. The SMILES string of the molecule is C[SiH+]CCSc1ncccn1. The number of aromatic nitrogens is 2. The maximum atomic E-state index is 4.11. The Labute approximate surface area is 73.7 Å². The van der Waals surface area contributed by atoms with Crippen molar-refractivity contribution in [1.29, 1.82) is 0 Å². The molecule has 4 heteroatoms. The fraction of sp³-hybridized carbons (Fsp3) is 0.429. The fourth-order valence-corrected chi connectivity index (χ4v) is 2.50. The maximum absolute atomic E-state index is 4.11. The van der Waals surface area contributed by atoms with E-state index in [2.05, 4.69) is 16.5 Å². The molecule has 0 saturated carbocycles. The van der Waals surface area contributed by atoms with Gasteiger partial charge in [-0.15, -0.1) is 0 Å². The third kappa shape index (κ3) is 3.53. The second-order valence-electron chi connectivity index (χ2n) is 2.08. The molecule has 0 atom stereocenters. The Balaban J connectivity index is 2.28. The standard InChI is InChI=1S/C7H11N2SSi/c1-11-6-5-10-7-8-3-2-4-9-7/h2-4,11H,5-6H2,1H3/q+1. The predicted molar refractivity (Wildman–Crippen MR) is 50.6 cm³/mol. The molecule has 0 radical (unpaired) electrons. The summed E-state index contributed by atoms with van der Waals surface area (Å²) in [6.07, 6.45) is 3.57. The summed E-state index contributed by atoms with van der Waals surface area (Å²) < 4.78 is 0. The van der Waals surface area contributed by atoms with Crippen LogP contribution in [0.1, 0.15) is 0 Å². The number of thioether (sulfide) groups is 1. The summed E-state index contributed by atoms with van der Waals surface area (Å²) >= 11 is 1.74. The summed E-state index contributed by atoms with van der Waals surface area (Å²) in [6, 6.07) is 3.16. The zero-order valence-corrected chi connectivity index (χ0v) is 8.50. The number of hydrogen-bond acceptors (Lipinski definition) is 3. The largest absolute Gasteiger partial charge is 0.296 e. The van der Waals surface area contributed by atoms with Crippen LogP contribution in [-0.4, -0.2) is 25.2 Å². The monoisotopic (exact) mass is 183 g/mol. The fourth-order valence-electron chi connectivity index (χ4n) is 0.628. The first-order valence-electron chi connectivity index (χ1n) is 3.61. The van der Waals surface area contributed by atoms with Crippen molar-refractivity contribution >= 4 is 21.3 Å². The van der Waals surface area contributed by atoms with E-state index in [-0.39, 0.29) is 0 Å². The van der Waals surface area contributed by atoms with Crippen LogP contribution in [0.3, 0.4) is 0 Å². The van der Waals surface area contributed by atoms with Gasteiger partial charge < -0.3 is 0 Å². The lowest BCUT2D eigenvalue weighted by molar-refractivity contribution is 0.967. The Bertz CT molecular complexity index is 193. The van der Waals surface area contributed by atoms with E-state index in [1.54, 1.807) is 24.2 Å². The maximum Gasteiger partial charge on any atom is 0.296 e. The van der Waals surface area contributed by atoms with Crippen LogP contribution in [0.4, 0.5) is 0 Å². The highest BCUT2D eigenvalue weighted by atomic mass is 32.2. The van der Waals surface area contributed by atoms with Crippen molar-refractivity contribution in [2.45, 2.75) is 17.7 Å². The minimum absolute atomic E-state index is 0.627. The van der Waals surface area contributed by atoms with E-state index >= 15 is 0 Å². The zero-order chi connectivity index (χ0) is 7.94. The number of nitrogens with zero attached hydrogens (tertiary/aromatic N) is 2. The Morgan fingerprint density at radius 1 is 1.45 bits per heavy atom. The van der Waals surface area contributed by atoms with Crippen molar-refractivity contribution in [3.8, 4) is 0 Å². The molecular weight excluding hydrogens is 172 g/mol. The van der Waals surface area contributed by atoms with Crippen LogP contribution in [0.5, 0.6) is 0 Å².